The number of rotatable bonds is 5. The SMILES string of the molecule is CCC(CC)c1nc2ccccc2n1Cc1cccc(C#N)c1. The van der Waals surface area contributed by atoms with Crippen LogP contribution < -0.4 is 0 Å². The van der Waals surface area contributed by atoms with E-state index in [1.165, 1.54) is 0 Å². The molecule has 0 aliphatic heterocycles. The Hall–Kier alpha value is -2.60. The van der Waals surface area contributed by atoms with E-state index in [1.54, 1.807) is 0 Å². The topological polar surface area (TPSA) is 41.6 Å². The minimum atomic E-state index is 0.460. The van der Waals surface area contributed by atoms with Gasteiger partial charge in [-0.2, -0.15) is 5.26 Å². The van der Waals surface area contributed by atoms with E-state index in [9.17, 15) is 0 Å². The molecule has 0 amide bonds. The average Bonchev–Trinajstić information content (AvgIpc) is 2.95. The molecule has 116 valence electrons. The van der Waals surface area contributed by atoms with E-state index in [0.29, 0.717) is 11.5 Å². The molecule has 0 atom stereocenters. The number of para-hydroxylation sites is 2. The van der Waals surface area contributed by atoms with Gasteiger partial charge < -0.3 is 4.57 Å². The van der Waals surface area contributed by atoms with Crippen molar-refractivity contribution in [2.75, 3.05) is 0 Å². The van der Waals surface area contributed by atoms with Crippen LogP contribution in [0.3, 0.4) is 0 Å². The second-order valence-corrected chi connectivity index (χ2v) is 5.87. The van der Waals surface area contributed by atoms with Gasteiger partial charge in [0.15, 0.2) is 0 Å². The highest BCUT2D eigenvalue weighted by atomic mass is 15.1. The van der Waals surface area contributed by atoms with E-state index < -0.39 is 0 Å². The molecule has 0 radical (unpaired) electrons. The van der Waals surface area contributed by atoms with Gasteiger partial charge in [-0.05, 0) is 42.7 Å². The van der Waals surface area contributed by atoms with Gasteiger partial charge in [-0.3, -0.25) is 0 Å². The van der Waals surface area contributed by atoms with Crippen molar-refractivity contribution in [3.63, 3.8) is 0 Å². The summed E-state index contributed by atoms with van der Waals surface area (Å²) in [5.41, 5.74) is 4.05. The van der Waals surface area contributed by atoms with Crippen molar-refractivity contribution in [3.8, 4) is 6.07 Å². The predicted molar refractivity (Wildman–Crippen MR) is 93.3 cm³/mol. The fourth-order valence-corrected chi connectivity index (χ4v) is 3.15. The first-order valence-electron chi connectivity index (χ1n) is 8.21. The van der Waals surface area contributed by atoms with Crippen LogP contribution in [0.2, 0.25) is 0 Å². The lowest BCUT2D eigenvalue weighted by Crippen LogP contribution is -2.09. The molecule has 0 fully saturated rings. The molecule has 0 saturated carbocycles. The maximum absolute atomic E-state index is 9.11. The van der Waals surface area contributed by atoms with Gasteiger partial charge in [-0.15, -0.1) is 0 Å². The van der Waals surface area contributed by atoms with Crippen LogP contribution in [0.15, 0.2) is 48.5 Å². The van der Waals surface area contributed by atoms with Crippen molar-refractivity contribution in [3.05, 3.63) is 65.5 Å². The third-order valence-electron chi connectivity index (χ3n) is 4.43. The van der Waals surface area contributed by atoms with Crippen molar-refractivity contribution >= 4 is 11.0 Å². The van der Waals surface area contributed by atoms with Gasteiger partial charge in [-0.1, -0.05) is 38.1 Å². The highest BCUT2D eigenvalue weighted by molar-refractivity contribution is 5.76. The summed E-state index contributed by atoms with van der Waals surface area (Å²) in [6.45, 7) is 5.18. The standard InChI is InChI=1S/C20H21N3/c1-3-17(4-2)20-22-18-10-5-6-11-19(18)23(20)14-16-9-7-8-15(12-16)13-21/h5-12,17H,3-4,14H2,1-2H3. The first-order chi connectivity index (χ1) is 11.3. The summed E-state index contributed by atoms with van der Waals surface area (Å²) in [5, 5.41) is 9.11. The van der Waals surface area contributed by atoms with Crippen LogP contribution in [0.25, 0.3) is 11.0 Å². The first-order valence-corrected chi connectivity index (χ1v) is 8.21. The van der Waals surface area contributed by atoms with E-state index in [1.807, 2.05) is 24.3 Å². The third kappa shape index (κ3) is 2.98. The van der Waals surface area contributed by atoms with Crippen LogP contribution in [-0.4, -0.2) is 9.55 Å². The van der Waals surface area contributed by atoms with E-state index in [2.05, 4.69) is 48.7 Å². The molecule has 2 aromatic carbocycles. The Morgan fingerprint density at radius 2 is 1.87 bits per heavy atom. The molecular formula is C20H21N3. The van der Waals surface area contributed by atoms with Gasteiger partial charge in [0.1, 0.15) is 5.82 Å². The fraction of sp³-hybridized carbons (Fsp3) is 0.300. The molecule has 3 heteroatoms. The van der Waals surface area contributed by atoms with Crippen molar-refractivity contribution < 1.29 is 0 Å². The van der Waals surface area contributed by atoms with Crippen molar-refractivity contribution in [2.24, 2.45) is 0 Å². The molecule has 0 aliphatic carbocycles. The Balaban J connectivity index is 2.10. The van der Waals surface area contributed by atoms with Gasteiger partial charge in [0.05, 0.1) is 22.7 Å². The third-order valence-corrected chi connectivity index (χ3v) is 4.43. The van der Waals surface area contributed by atoms with Crippen LogP contribution in [0.4, 0.5) is 0 Å². The Bertz CT molecular complexity index is 851. The quantitative estimate of drug-likeness (QED) is 0.675. The molecule has 0 N–H and O–H groups in total. The molecule has 23 heavy (non-hydrogen) atoms. The van der Waals surface area contributed by atoms with Gasteiger partial charge in [0.25, 0.3) is 0 Å². The fourth-order valence-electron chi connectivity index (χ4n) is 3.15. The molecule has 0 saturated heterocycles. The number of nitriles is 1. The second-order valence-electron chi connectivity index (χ2n) is 5.87. The molecule has 0 spiro atoms. The largest absolute Gasteiger partial charge is 0.323 e. The van der Waals surface area contributed by atoms with Crippen LogP contribution in [-0.2, 0) is 6.54 Å². The Morgan fingerprint density at radius 1 is 1.09 bits per heavy atom. The highest BCUT2D eigenvalue weighted by Gasteiger charge is 2.17. The lowest BCUT2D eigenvalue weighted by molar-refractivity contribution is 0.570. The van der Waals surface area contributed by atoms with Gasteiger partial charge in [-0.25, -0.2) is 4.98 Å². The summed E-state index contributed by atoms with van der Waals surface area (Å²) in [5.74, 6) is 1.61. The van der Waals surface area contributed by atoms with Crippen molar-refractivity contribution in [1.29, 1.82) is 5.26 Å². The summed E-state index contributed by atoms with van der Waals surface area (Å²) < 4.78 is 2.31. The van der Waals surface area contributed by atoms with E-state index in [-0.39, 0.29) is 0 Å². The molecule has 3 nitrogen and oxygen atoms in total. The van der Waals surface area contributed by atoms with Crippen LogP contribution in [0.1, 0.15) is 49.6 Å². The van der Waals surface area contributed by atoms with E-state index in [4.69, 9.17) is 10.2 Å². The number of hydrogen-bond acceptors (Lipinski definition) is 2. The van der Waals surface area contributed by atoms with Gasteiger partial charge in [0.2, 0.25) is 0 Å². The Labute approximate surface area is 137 Å². The zero-order valence-electron chi connectivity index (χ0n) is 13.7. The summed E-state index contributed by atoms with van der Waals surface area (Å²) in [4.78, 5) is 4.89. The smallest absolute Gasteiger partial charge is 0.113 e. The molecule has 0 unspecified atom stereocenters. The van der Waals surface area contributed by atoms with Crippen LogP contribution in [0.5, 0.6) is 0 Å². The number of benzene rings is 2. The molecule has 3 rings (SSSR count). The minimum absolute atomic E-state index is 0.460. The van der Waals surface area contributed by atoms with Crippen molar-refractivity contribution in [2.45, 2.75) is 39.2 Å². The number of hydrogen-bond donors (Lipinski definition) is 0. The second kappa shape index (κ2) is 6.66. The molecule has 0 aliphatic rings. The highest BCUT2D eigenvalue weighted by Crippen LogP contribution is 2.27. The Kier molecular flexibility index (Phi) is 4.43. The maximum atomic E-state index is 9.11. The summed E-state index contributed by atoms with van der Waals surface area (Å²) in [6.07, 6.45) is 2.16. The number of nitrogens with zero attached hydrogens (tertiary/aromatic N) is 3. The average molecular weight is 303 g/mol. The van der Waals surface area contributed by atoms with Gasteiger partial charge in [0, 0.05) is 12.5 Å². The lowest BCUT2D eigenvalue weighted by Gasteiger charge is -2.16. The summed E-state index contributed by atoms with van der Waals surface area (Å²) >= 11 is 0. The molecule has 1 aromatic heterocycles. The van der Waals surface area contributed by atoms with E-state index in [0.717, 1.165) is 41.8 Å². The minimum Gasteiger partial charge on any atom is -0.323 e. The number of aromatic nitrogens is 2. The monoisotopic (exact) mass is 303 g/mol. The number of fused-ring (bicyclic) bond motifs is 1. The van der Waals surface area contributed by atoms with Crippen LogP contribution >= 0.6 is 0 Å². The molecular weight excluding hydrogens is 282 g/mol. The summed E-state index contributed by atoms with van der Waals surface area (Å²) in [6, 6.07) is 18.3. The normalized spacial score (nSPS) is 11.0. The summed E-state index contributed by atoms with van der Waals surface area (Å²) in [7, 11) is 0. The van der Waals surface area contributed by atoms with Gasteiger partial charge >= 0.3 is 0 Å². The lowest BCUT2D eigenvalue weighted by atomic mass is 10.0. The Morgan fingerprint density at radius 3 is 2.61 bits per heavy atom. The van der Waals surface area contributed by atoms with E-state index >= 15 is 0 Å². The van der Waals surface area contributed by atoms with Crippen molar-refractivity contribution in [1.82, 2.24) is 9.55 Å². The first kappa shape index (κ1) is 15.3. The zero-order chi connectivity index (χ0) is 16.2. The molecule has 0 bridgehead atoms. The number of imidazole rings is 1. The maximum Gasteiger partial charge on any atom is 0.113 e. The van der Waals surface area contributed by atoms with Crippen LogP contribution in [0, 0.1) is 11.3 Å². The zero-order valence-corrected chi connectivity index (χ0v) is 13.7. The molecule has 1 heterocycles. The predicted octanol–water partition coefficient (Wildman–Crippen LogP) is 4.86. The molecule has 3 aromatic rings.